The fraction of sp³-hybridized carbons (Fsp3) is 0.533. The van der Waals surface area contributed by atoms with E-state index in [2.05, 4.69) is 49.8 Å². The van der Waals surface area contributed by atoms with Crippen molar-refractivity contribution >= 4 is 5.69 Å². The largest absolute Gasteiger partial charge is 0.367 e. The summed E-state index contributed by atoms with van der Waals surface area (Å²) in [7, 11) is 2.17. The summed E-state index contributed by atoms with van der Waals surface area (Å²) in [6, 6.07) is 9.40. The van der Waals surface area contributed by atoms with Crippen LogP contribution in [0.5, 0.6) is 0 Å². The molecular formula is C15H21N3. The summed E-state index contributed by atoms with van der Waals surface area (Å²) in [5.74, 6) is 0. The van der Waals surface area contributed by atoms with E-state index in [1.54, 1.807) is 0 Å². The molecule has 2 atom stereocenters. The first kappa shape index (κ1) is 12.9. The maximum atomic E-state index is 9.24. The van der Waals surface area contributed by atoms with Gasteiger partial charge in [0, 0.05) is 25.2 Å². The quantitative estimate of drug-likeness (QED) is 0.758. The van der Waals surface area contributed by atoms with Crippen molar-refractivity contribution in [3.8, 4) is 6.07 Å². The summed E-state index contributed by atoms with van der Waals surface area (Å²) >= 11 is 0. The van der Waals surface area contributed by atoms with Crippen LogP contribution in [0, 0.1) is 18.3 Å². The van der Waals surface area contributed by atoms with Crippen molar-refractivity contribution < 1.29 is 0 Å². The molecular weight excluding hydrogens is 222 g/mol. The molecule has 1 heterocycles. The molecule has 0 spiro atoms. The summed E-state index contributed by atoms with van der Waals surface area (Å²) in [5.41, 5.74) is 3.08. The second-order valence-corrected chi connectivity index (χ2v) is 5.40. The maximum Gasteiger partial charge on any atom is 0.101 e. The van der Waals surface area contributed by atoms with Gasteiger partial charge in [-0.2, -0.15) is 5.26 Å². The number of nitrogens with zero attached hydrogens (tertiary/aromatic N) is 3. The Kier molecular flexibility index (Phi) is 3.58. The van der Waals surface area contributed by atoms with Gasteiger partial charge in [0.25, 0.3) is 0 Å². The highest BCUT2D eigenvalue weighted by molar-refractivity contribution is 5.61. The highest BCUT2D eigenvalue weighted by atomic mass is 15.3. The van der Waals surface area contributed by atoms with Gasteiger partial charge in [-0.05, 0) is 45.5 Å². The first-order valence-electron chi connectivity index (χ1n) is 6.50. The number of hydrogen-bond donors (Lipinski definition) is 0. The SMILES string of the molecule is Cc1ccc(C#N)c(N2CC(C)N(C)C(C)C2)c1. The molecule has 1 aromatic carbocycles. The molecule has 0 bridgehead atoms. The Balaban J connectivity index is 2.32. The fourth-order valence-electron chi connectivity index (χ4n) is 2.60. The van der Waals surface area contributed by atoms with Gasteiger partial charge in [0.05, 0.1) is 11.3 Å². The summed E-state index contributed by atoms with van der Waals surface area (Å²) < 4.78 is 0. The summed E-state index contributed by atoms with van der Waals surface area (Å²) in [5, 5.41) is 9.24. The van der Waals surface area contributed by atoms with Crippen LogP contribution in [-0.2, 0) is 0 Å². The monoisotopic (exact) mass is 243 g/mol. The topological polar surface area (TPSA) is 30.3 Å². The second kappa shape index (κ2) is 4.99. The van der Waals surface area contributed by atoms with Crippen LogP contribution >= 0.6 is 0 Å². The first-order chi connectivity index (χ1) is 8.52. The number of likely N-dealkylation sites (N-methyl/N-ethyl adjacent to an activating group) is 1. The number of anilines is 1. The van der Waals surface area contributed by atoms with Gasteiger partial charge in [-0.3, -0.25) is 4.90 Å². The zero-order valence-corrected chi connectivity index (χ0v) is 11.6. The minimum atomic E-state index is 0.515. The molecule has 2 unspecified atom stereocenters. The van der Waals surface area contributed by atoms with Gasteiger partial charge in [0.15, 0.2) is 0 Å². The van der Waals surface area contributed by atoms with Crippen molar-refractivity contribution in [3.05, 3.63) is 29.3 Å². The Morgan fingerprint density at radius 3 is 2.39 bits per heavy atom. The van der Waals surface area contributed by atoms with Crippen LogP contribution in [0.2, 0.25) is 0 Å². The molecule has 1 fully saturated rings. The molecule has 1 aromatic rings. The third kappa shape index (κ3) is 2.34. The van der Waals surface area contributed by atoms with Crippen LogP contribution in [-0.4, -0.2) is 37.1 Å². The highest BCUT2D eigenvalue weighted by Crippen LogP contribution is 2.25. The summed E-state index contributed by atoms with van der Waals surface area (Å²) in [6.07, 6.45) is 0. The average molecular weight is 243 g/mol. The number of rotatable bonds is 1. The number of nitriles is 1. The predicted molar refractivity (Wildman–Crippen MR) is 74.8 cm³/mol. The van der Waals surface area contributed by atoms with E-state index >= 15 is 0 Å². The van der Waals surface area contributed by atoms with E-state index in [0.29, 0.717) is 12.1 Å². The van der Waals surface area contributed by atoms with E-state index in [9.17, 15) is 5.26 Å². The maximum absolute atomic E-state index is 9.24. The number of piperazine rings is 1. The van der Waals surface area contributed by atoms with E-state index < -0.39 is 0 Å². The van der Waals surface area contributed by atoms with E-state index in [1.165, 1.54) is 5.56 Å². The fourth-order valence-corrected chi connectivity index (χ4v) is 2.60. The van der Waals surface area contributed by atoms with Gasteiger partial charge in [-0.25, -0.2) is 0 Å². The van der Waals surface area contributed by atoms with Crippen LogP contribution < -0.4 is 4.90 Å². The van der Waals surface area contributed by atoms with E-state index in [1.807, 2.05) is 12.1 Å². The van der Waals surface area contributed by atoms with Crippen molar-refractivity contribution in [2.75, 3.05) is 25.0 Å². The number of benzene rings is 1. The molecule has 0 saturated carbocycles. The highest BCUT2D eigenvalue weighted by Gasteiger charge is 2.27. The lowest BCUT2D eigenvalue weighted by Crippen LogP contribution is -2.55. The van der Waals surface area contributed by atoms with Gasteiger partial charge in [0.2, 0.25) is 0 Å². The van der Waals surface area contributed by atoms with Crippen molar-refractivity contribution in [2.24, 2.45) is 0 Å². The van der Waals surface area contributed by atoms with E-state index in [4.69, 9.17) is 0 Å². The first-order valence-corrected chi connectivity index (χ1v) is 6.50. The normalized spacial score (nSPS) is 24.9. The molecule has 1 aliphatic heterocycles. The van der Waals surface area contributed by atoms with Crippen LogP contribution in [0.4, 0.5) is 5.69 Å². The molecule has 0 N–H and O–H groups in total. The molecule has 0 aromatic heterocycles. The van der Waals surface area contributed by atoms with Crippen LogP contribution in [0.1, 0.15) is 25.0 Å². The van der Waals surface area contributed by atoms with Crippen molar-refractivity contribution in [1.29, 1.82) is 5.26 Å². The molecule has 1 aliphatic rings. The molecule has 0 radical (unpaired) electrons. The lowest BCUT2D eigenvalue weighted by Gasteiger charge is -2.43. The minimum absolute atomic E-state index is 0.515. The van der Waals surface area contributed by atoms with Crippen molar-refractivity contribution in [2.45, 2.75) is 32.9 Å². The Bertz CT molecular complexity index is 463. The van der Waals surface area contributed by atoms with Gasteiger partial charge in [-0.1, -0.05) is 6.07 Å². The second-order valence-electron chi connectivity index (χ2n) is 5.40. The van der Waals surface area contributed by atoms with Gasteiger partial charge < -0.3 is 4.90 Å². The Morgan fingerprint density at radius 1 is 1.22 bits per heavy atom. The molecule has 0 amide bonds. The van der Waals surface area contributed by atoms with Gasteiger partial charge in [-0.15, -0.1) is 0 Å². The lowest BCUT2D eigenvalue weighted by molar-refractivity contribution is 0.170. The predicted octanol–water partition coefficient (Wildman–Crippen LogP) is 2.40. The molecule has 1 saturated heterocycles. The van der Waals surface area contributed by atoms with Crippen molar-refractivity contribution in [3.63, 3.8) is 0 Å². The smallest absolute Gasteiger partial charge is 0.101 e. The average Bonchev–Trinajstić information content (AvgIpc) is 2.35. The molecule has 18 heavy (non-hydrogen) atoms. The molecule has 96 valence electrons. The Hall–Kier alpha value is -1.53. The molecule has 2 rings (SSSR count). The third-order valence-electron chi connectivity index (χ3n) is 3.97. The molecule has 3 heteroatoms. The van der Waals surface area contributed by atoms with Gasteiger partial charge >= 0.3 is 0 Å². The number of hydrogen-bond acceptors (Lipinski definition) is 3. The Labute approximate surface area is 110 Å². The van der Waals surface area contributed by atoms with Crippen molar-refractivity contribution in [1.82, 2.24) is 4.90 Å². The summed E-state index contributed by atoms with van der Waals surface area (Å²) in [6.45, 7) is 8.53. The zero-order chi connectivity index (χ0) is 13.3. The van der Waals surface area contributed by atoms with Gasteiger partial charge in [0.1, 0.15) is 6.07 Å². The standard InChI is InChI=1S/C15H21N3/c1-11-5-6-14(8-16)15(7-11)18-9-12(2)17(4)13(3)10-18/h5-7,12-13H,9-10H2,1-4H3. The van der Waals surface area contributed by atoms with E-state index in [0.717, 1.165) is 24.3 Å². The van der Waals surface area contributed by atoms with Crippen LogP contribution in [0.25, 0.3) is 0 Å². The molecule has 3 nitrogen and oxygen atoms in total. The van der Waals surface area contributed by atoms with E-state index in [-0.39, 0.29) is 0 Å². The van der Waals surface area contributed by atoms with Crippen LogP contribution in [0.3, 0.4) is 0 Å². The molecule has 0 aliphatic carbocycles. The van der Waals surface area contributed by atoms with Crippen LogP contribution in [0.15, 0.2) is 18.2 Å². The Morgan fingerprint density at radius 2 is 1.83 bits per heavy atom. The number of aryl methyl sites for hydroxylation is 1. The third-order valence-corrected chi connectivity index (χ3v) is 3.97. The minimum Gasteiger partial charge on any atom is -0.367 e. The summed E-state index contributed by atoms with van der Waals surface area (Å²) in [4.78, 5) is 4.75. The lowest BCUT2D eigenvalue weighted by atomic mass is 10.0. The zero-order valence-electron chi connectivity index (χ0n) is 11.6.